The maximum atomic E-state index is 7.72. The van der Waals surface area contributed by atoms with Crippen molar-refractivity contribution in [1.29, 1.82) is 5.41 Å². The van der Waals surface area contributed by atoms with E-state index in [0.717, 1.165) is 28.8 Å². The van der Waals surface area contributed by atoms with Crippen molar-refractivity contribution in [2.45, 2.75) is 33.1 Å². The lowest BCUT2D eigenvalue weighted by Gasteiger charge is -2.40. The fraction of sp³-hybridized carbons (Fsp3) is 0.533. The van der Waals surface area contributed by atoms with E-state index < -0.39 is 0 Å². The summed E-state index contributed by atoms with van der Waals surface area (Å²) in [5.74, 6) is 0.145. The Hall–Kier alpha value is -1.03. The molecular formula is C15H22BrN3. The maximum Gasteiger partial charge on any atom is 0.124 e. The molecular weight excluding hydrogens is 302 g/mol. The van der Waals surface area contributed by atoms with E-state index in [0.29, 0.717) is 5.41 Å². The number of hydrogen-bond donors (Lipinski definition) is 2. The summed E-state index contributed by atoms with van der Waals surface area (Å²) in [6.45, 7) is 6.73. The molecule has 0 atom stereocenters. The number of amidine groups is 1. The average Bonchev–Trinajstić information content (AvgIpc) is 2.39. The quantitative estimate of drug-likeness (QED) is 0.657. The number of halogens is 1. The molecule has 0 bridgehead atoms. The number of nitrogens with one attached hydrogen (secondary N) is 1. The van der Waals surface area contributed by atoms with E-state index in [1.165, 1.54) is 19.3 Å². The Kier molecular flexibility index (Phi) is 4.19. The van der Waals surface area contributed by atoms with Crippen LogP contribution in [0, 0.1) is 10.8 Å². The van der Waals surface area contributed by atoms with Crippen molar-refractivity contribution in [3.8, 4) is 0 Å². The van der Waals surface area contributed by atoms with E-state index in [1.807, 2.05) is 12.1 Å². The third kappa shape index (κ3) is 3.11. The van der Waals surface area contributed by atoms with Crippen LogP contribution < -0.4 is 10.6 Å². The molecule has 3 nitrogen and oxygen atoms in total. The standard InChI is InChI=1S/C15H22BrN3/c1-3-15(2)6-8-19(9-7-15)13-10-11(16)4-5-12(13)14(17)18/h4-5,10H,3,6-9H2,1-2H3,(H3,17,18). The number of nitrogens with zero attached hydrogens (tertiary/aromatic N) is 1. The number of benzene rings is 1. The summed E-state index contributed by atoms with van der Waals surface area (Å²) in [6, 6.07) is 5.95. The second-order valence-corrected chi connectivity index (χ2v) is 6.64. The van der Waals surface area contributed by atoms with Crippen LogP contribution in [0.5, 0.6) is 0 Å². The molecule has 1 aliphatic heterocycles. The van der Waals surface area contributed by atoms with Gasteiger partial charge < -0.3 is 10.6 Å². The monoisotopic (exact) mass is 323 g/mol. The molecule has 1 saturated heterocycles. The van der Waals surface area contributed by atoms with Crippen molar-refractivity contribution in [2.24, 2.45) is 11.1 Å². The van der Waals surface area contributed by atoms with Crippen LogP contribution in [0.1, 0.15) is 38.7 Å². The zero-order chi connectivity index (χ0) is 14.0. The number of nitrogen functional groups attached to an aromatic ring is 1. The fourth-order valence-corrected chi connectivity index (χ4v) is 2.98. The number of hydrogen-bond acceptors (Lipinski definition) is 2. The first kappa shape index (κ1) is 14.4. The number of nitrogens with two attached hydrogens (primary N) is 1. The van der Waals surface area contributed by atoms with Gasteiger partial charge in [0.25, 0.3) is 0 Å². The maximum absolute atomic E-state index is 7.72. The third-order valence-corrected chi connectivity index (χ3v) is 4.91. The molecule has 3 N–H and O–H groups in total. The highest BCUT2D eigenvalue weighted by Crippen LogP contribution is 2.37. The Balaban J connectivity index is 2.24. The molecule has 0 amide bonds. The molecule has 2 rings (SSSR count). The number of rotatable bonds is 3. The highest BCUT2D eigenvalue weighted by Gasteiger charge is 2.29. The largest absolute Gasteiger partial charge is 0.384 e. The molecule has 1 aromatic rings. The van der Waals surface area contributed by atoms with Crippen LogP contribution in [0.2, 0.25) is 0 Å². The van der Waals surface area contributed by atoms with Gasteiger partial charge in [-0.15, -0.1) is 0 Å². The van der Waals surface area contributed by atoms with Gasteiger partial charge in [-0.05, 0) is 36.5 Å². The first-order valence-corrected chi connectivity index (χ1v) is 7.63. The van der Waals surface area contributed by atoms with E-state index >= 15 is 0 Å². The lowest BCUT2D eigenvalue weighted by Crippen LogP contribution is -2.39. The summed E-state index contributed by atoms with van der Waals surface area (Å²) in [6.07, 6.45) is 3.64. The summed E-state index contributed by atoms with van der Waals surface area (Å²) in [5, 5.41) is 7.72. The molecule has 0 spiro atoms. The Labute approximate surface area is 123 Å². The van der Waals surface area contributed by atoms with Gasteiger partial charge in [0.05, 0.1) is 0 Å². The highest BCUT2D eigenvalue weighted by molar-refractivity contribution is 9.10. The molecule has 1 fully saturated rings. The van der Waals surface area contributed by atoms with Gasteiger partial charge in [-0.3, -0.25) is 5.41 Å². The second kappa shape index (κ2) is 5.53. The van der Waals surface area contributed by atoms with Crippen LogP contribution in [-0.2, 0) is 0 Å². The summed E-state index contributed by atoms with van der Waals surface area (Å²) in [7, 11) is 0. The summed E-state index contributed by atoms with van der Waals surface area (Å²) in [5.41, 5.74) is 8.08. The lowest BCUT2D eigenvalue weighted by molar-refractivity contribution is 0.238. The molecule has 1 heterocycles. The van der Waals surface area contributed by atoms with Gasteiger partial charge in [0.2, 0.25) is 0 Å². The Morgan fingerprint density at radius 1 is 1.42 bits per heavy atom. The molecule has 19 heavy (non-hydrogen) atoms. The zero-order valence-corrected chi connectivity index (χ0v) is 13.3. The van der Waals surface area contributed by atoms with E-state index in [9.17, 15) is 0 Å². The molecule has 1 aromatic carbocycles. The molecule has 4 heteroatoms. The second-order valence-electron chi connectivity index (χ2n) is 5.73. The van der Waals surface area contributed by atoms with E-state index in [2.05, 4.69) is 40.7 Å². The first-order valence-electron chi connectivity index (χ1n) is 6.84. The minimum Gasteiger partial charge on any atom is -0.384 e. The Morgan fingerprint density at radius 2 is 2.05 bits per heavy atom. The van der Waals surface area contributed by atoms with Gasteiger partial charge in [-0.2, -0.15) is 0 Å². The number of piperidine rings is 1. The fourth-order valence-electron chi connectivity index (χ4n) is 2.64. The Morgan fingerprint density at radius 3 is 2.58 bits per heavy atom. The lowest BCUT2D eigenvalue weighted by atomic mass is 9.78. The van der Waals surface area contributed by atoms with Crippen LogP contribution >= 0.6 is 15.9 Å². The summed E-state index contributed by atoms with van der Waals surface area (Å²) >= 11 is 3.51. The van der Waals surface area contributed by atoms with Gasteiger partial charge in [0.15, 0.2) is 0 Å². The van der Waals surface area contributed by atoms with Crippen molar-refractivity contribution in [1.82, 2.24) is 0 Å². The van der Waals surface area contributed by atoms with Crippen LogP contribution in [-0.4, -0.2) is 18.9 Å². The molecule has 0 radical (unpaired) electrons. The summed E-state index contributed by atoms with van der Waals surface area (Å²) < 4.78 is 1.04. The van der Waals surface area contributed by atoms with Gasteiger partial charge in [-0.1, -0.05) is 36.2 Å². The van der Waals surface area contributed by atoms with Crippen molar-refractivity contribution < 1.29 is 0 Å². The minimum absolute atomic E-state index is 0.145. The van der Waals surface area contributed by atoms with Gasteiger partial charge >= 0.3 is 0 Å². The van der Waals surface area contributed by atoms with E-state index in [1.54, 1.807) is 0 Å². The molecule has 0 unspecified atom stereocenters. The van der Waals surface area contributed by atoms with Crippen molar-refractivity contribution in [2.75, 3.05) is 18.0 Å². The van der Waals surface area contributed by atoms with E-state index in [-0.39, 0.29) is 5.84 Å². The van der Waals surface area contributed by atoms with E-state index in [4.69, 9.17) is 11.1 Å². The van der Waals surface area contributed by atoms with Crippen molar-refractivity contribution in [3.05, 3.63) is 28.2 Å². The highest BCUT2D eigenvalue weighted by atomic mass is 79.9. The van der Waals surface area contributed by atoms with Crippen molar-refractivity contribution in [3.63, 3.8) is 0 Å². The number of anilines is 1. The van der Waals surface area contributed by atoms with Crippen molar-refractivity contribution >= 4 is 27.5 Å². The zero-order valence-electron chi connectivity index (χ0n) is 11.7. The van der Waals surface area contributed by atoms with Crippen LogP contribution in [0.15, 0.2) is 22.7 Å². The predicted octanol–water partition coefficient (Wildman–Crippen LogP) is 3.75. The molecule has 104 valence electrons. The predicted molar refractivity (Wildman–Crippen MR) is 85.0 cm³/mol. The normalized spacial score (nSPS) is 18.4. The van der Waals surface area contributed by atoms with Crippen LogP contribution in [0.4, 0.5) is 5.69 Å². The molecule has 0 aromatic heterocycles. The average molecular weight is 324 g/mol. The molecule has 1 aliphatic rings. The molecule has 0 saturated carbocycles. The summed E-state index contributed by atoms with van der Waals surface area (Å²) in [4.78, 5) is 2.36. The van der Waals surface area contributed by atoms with Gasteiger partial charge in [0, 0.05) is 28.8 Å². The molecule has 0 aliphatic carbocycles. The Bertz CT molecular complexity index is 476. The van der Waals surface area contributed by atoms with Gasteiger partial charge in [0.1, 0.15) is 5.84 Å². The first-order chi connectivity index (χ1) is 8.95. The topological polar surface area (TPSA) is 53.1 Å². The smallest absolute Gasteiger partial charge is 0.124 e. The van der Waals surface area contributed by atoms with Gasteiger partial charge in [-0.25, -0.2) is 0 Å². The SMILES string of the molecule is CCC1(C)CCN(c2cc(Br)ccc2C(=N)N)CC1. The van der Waals surface area contributed by atoms with Crippen LogP contribution in [0.25, 0.3) is 0 Å². The third-order valence-electron chi connectivity index (χ3n) is 4.41. The minimum atomic E-state index is 0.145. The van der Waals surface area contributed by atoms with Crippen LogP contribution in [0.3, 0.4) is 0 Å².